The lowest BCUT2D eigenvalue weighted by Crippen LogP contribution is -2.05. The minimum atomic E-state index is -3.77. The van der Waals surface area contributed by atoms with Crippen LogP contribution >= 0.6 is 10.7 Å². The van der Waals surface area contributed by atoms with Crippen LogP contribution in [0.2, 0.25) is 0 Å². The Balaban J connectivity index is 2.98. The second-order valence-electron chi connectivity index (χ2n) is 5.21. The van der Waals surface area contributed by atoms with Crippen molar-refractivity contribution in [1.29, 1.82) is 5.26 Å². The summed E-state index contributed by atoms with van der Waals surface area (Å²) in [6.45, 7) is 6.12. The van der Waals surface area contributed by atoms with Crippen molar-refractivity contribution >= 4 is 19.7 Å². The van der Waals surface area contributed by atoms with Crippen molar-refractivity contribution in [1.82, 2.24) is 0 Å². The van der Waals surface area contributed by atoms with Crippen LogP contribution in [-0.4, -0.2) is 15.0 Å². The summed E-state index contributed by atoms with van der Waals surface area (Å²) in [6, 6.07) is 5.40. The highest BCUT2D eigenvalue weighted by molar-refractivity contribution is 8.13. The lowest BCUT2D eigenvalue weighted by atomic mass is 10.0. The fourth-order valence-corrected chi connectivity index (χ4v) is 3.28. The summed E-state index contributed by atoms with van der Waals surface area (Å²) in [4.78, 5) is 0.147. The minimum Gasteiger partial charge on any atom is -0.493 e. The fourth-order valence-electron chi connectivity index (χ4n) is 1.98. The minimum absolute atomic E-state index is 0.0232. The maximum atomic E-state index is 11.6. The number of hydrogen-bond donors (Lipinski definition) is 0. The van der Waals surface area contributed by atoms with Gasteiger partial charge in [0.1, 0.15) is 5.75 Å². The van der Waals surface area contributed by atoms with Crippen molar-refractivity contribution in [2.45, 2.75) is 50.8 Å². The Kier molecular flexibility index (Phi) is 6.50. The topological polar surface area (TPSA) is 67.2 Å². The number of nitriles is 1. The van der Waals surface area contributed by atoms with E-state index in [0.717, 1.165) is 18.4 Å². The van der Waals surface area contributed by atoms with Gasteiger partial charge in [-0.05, 0) is 48.9 Å². The number of halogens is 1. The quantitative estimate of drug-likeness (QED) is 0.557. The Morgan fingerprint density at radius 3 is 2.52 bits per heavy atom. The van der Waals surface area contributed by atoms with Crippen LogP contribution in [0.15, 0.2) is 17.0 Å². The van der Waals surface area contributed by atoms with Crippen molar-refractivity contribution in [3.8, 4) is 11.8 Å². The number of hydrogen-bond acceptors (Lipinski definition) is 4. The first-order valence-electron chi connectivity index (χ1n) is 6.86. The molecular formula is C15H20ClNO3S. The van der Waals surface area contributed by atoms with Gasteiger partial charge in [0.15, 0.2) is 0 Å². The van der Waals surface area contributed by atoms with Crippen LogP contribution < -0.4 is 4.74 Å². The zero-order chi connectivity index (χ0) is 16.0. The largest absolute Gasteiger partial charge is 0.493 e. The molecule has 0 unspecified atom stereocenters. The third-order valence-corrected chi connectivity index (χ3v) is 4.51. The van der Waals surface area contributed by atoms with Crippen LogP contribution in [0.3, 0.4) is 0 Å². The molecule has 1 aromatic rings. The van der Waals surface area contributed by atoms with Crippen molar-refractivity contribution < 1.29 is 13.2 Å². The van der Waals surface area contributed by atoms with Crippen LogP contribution in [-0.2, 0) is 9.05 Å². The van der Waals surface area contributed by atoms with Crippen molar-refractivity contribution in [3.05, 3.63) is 23.3 Å². The van der Waals surface area contributed by atoms with E-state index in [1.807, 2.05) is 13.8 Å². The van der Waals surface area contributed by atoms with E-state index in [1.165, 1.54) is 0 Å². The lowest BCUT2D eigenvalue weighted by molar-refractivity contribution is 0.305. The van der Waals surface area contributed by atoms with E-state index in [1.54, 1.807) is 19.1 Å². The summed E-state index contributed by atoms with van der Waals surface area (Å²) in [7, 11) is 1.72. The van der Waals surface area contributed by atoms with Gasteiger partial charge in [-0.1, -0.05) is 13.8 Å². The molecule has 0 amide bonds. The molecular weight excluding hydrogens is 310 g/mol. The van der Waals surface area contributed by atoms with Gasteiger partial charge in [0.25, 0.3) is 9.05 Å². The standard InChI is InChI=1S/C15H20ClNO3S/c1-11(2)13-10-14(20-8-6-4-5-7-17)12(3)9-15(13)21(16,18)19/h9-11H,4-6,8H2,1-3H3. The van der Waals surface area contributed by atoms with E-state index in [-0.39, 0.29) is 10.8 Å². The van der Waals surface area contributed by atoms with Crippen LogP contribution in [0, 0.1) is 18.3 Å². The number of ether oxygens (including phenoxy) is 1. The Hall–Kier alpha value is -1.25. The molecule has 0 aliphatic rings. The molecule has 0 spiro atoms. The number of benzene rings is 1. The van der Waals surface area contributed by atoms with Crippen molar-refractivity contribution in [2.75, 3.05) is 6.61 Å². The first-order valence-corrected chi connectivity index (χ1v) is 9.17. The molecule has 0 atom stereocenters. The van der Waals surface area contributed by atoms with E-state index < -0.39 is 9.05 Å². The van der Waals surface area contributed by atoms with E-state index >= 15 is 0 Å². The first-order chi connectivity index (χ1) is 9.77. The second-order valence-corrected chi connectivity index (χ2v) is 7.75. The molecule has 116 valence electrons. The van der Waals surface area contributed by atoms with Crippen LogP contribution in [0.1, 0.15) is 50.2 Å². The third-order valence-electron chi connectivity index (χ3n) is 3.13. The van der Waals surface area contributed by atoms with Crippen LogP contribution in [0.25, 0.3) is 0 Å². The highest BCUT2D eigenvalue weighted by Gasteiger charge is 2.20. The molecule has 0 aliphatic carbocycles. The smallest absolute Gasteiger partial charge is 0.261 e. The summed E-state index contributed by atoms with van der Waals surface area (Å²) >= 11 is 0. The third kappa shape index (κ3) is 5.22. The summed E-state index contributed by atoms with van der Waals surface area (Å²) in [5.74, 6) is 0.690. The van der Waals surface area contributed by atoms with E-state index in [2.05, 4.69) is 6.07 Å². The molecule has 1 rings (SSSR count). The highest BCUT2D eigenvalue weighted by Crippen LogP contribution is 2.32. The van der Waals surface area contributed by atoms with Gasteiger partial charge >= 0.3 is 0 Å². The number of unbranched alkanes of at least 4 members (excludes halogenated alkanes) is 2. The van der Waals surface area contributed by atoms with Gasteiger partial charge in [-0.2, -0.15) is 5.26 Å². The Bertz CT molecular complexity index is 633. The average Bonchev–Trinajstić information content (AvgIpc) is 2.38. The number of nitrogens with zero attached hydrogens (tertiary/aromatic N) is 1. The molecule has 0 radical (unpaired) electrons. The Morgan fingerprint density at radius 2 is 2.00 bits per heavy atom. The average molecular weight is 330 g/mol. The van der Waals surface area contributed by atoms with Crippen LogP contribution in [0.5, 0.6) is 5.75 Å². The van der Waals surface area contributed by atoms with E-state index in [4.69, 9.17) is 20.7 Å². The molecule has 0 fully saturated rings. The molecule has 1 aromatic carbocycles. The molecule has 6 heteroatoms. The SMILES string of the molecule is Cc1cc(S(=O)(=O)Cl)c(C(C)C)cc1OCCCCC#N. The summed E-state index contributed by atoms with van der Waals surface area (Å²) in [5, 5.41) is 8.47. The highest BCUT2D eigenvalue weighted by atomic mass is 35.7. The molecule has 0 saturated carbocycles. The van der Waals surface area contributed by atoms with Gasteiger partial charge < -0.3 is 4.74 Å². The zero-order valence-corrected chi connectivity index (χ0v) is 14.1. The summed E-state index contributed by atoms with van der Waals surface area (Å²) in [6.07, 6.45) is 2.10. The molecule has 0 bridgehead atoms. The molecule has 0 aliphatic heterocycles. The van der Waals surface area contributed by atoms with Crippen LogP contribution in [0.4, 0.5) is 0 Å². The van der Waals surface area contributed by atoms with Gasteiger partial charge in [0, 0.05) is 17.1 Å². The Labute approximate surface area is 131 Å². The van der Waals surface area contributed by atoms with Gasteiger partial charge in [0.2, 0.25) is 0 Å². The summed E-state index contributed by atoms with van der Waals surface area (Å²) < 4.78 is 29.0. The second kappa shape index (κ2) is 7.67. The molecule has 0 saturated heterocycles. The monoisotopic (exact) mass is 329 g/mol. The van der Waals surface area contributed by atoms with E-state index in [9.17, 15) is 8.42 Å². The van der Waals surface area contributed by atoms with Gasteiger partial charge in [-0.3, -0.25) is 0 Å². The predicted octanol–water partition coefficient (Wildman–Crippen LogP) is 4.12. The number of aryl methyl sites for hydroxylation is 1. The normalized spacial score (nSPS) is 11.4. The van der Waals surface area contributed by atoms with Gasteiger partial charge in [0.05, 0.1) is 17.6 Å². The van der Waals surface area contributed by atoms with Crippen molar-refractivity contribution in [3.63, 3.8) is 0 Å². The van der Waals surface area contributed by atoms with Gasteiger partial charge in [-0.25, -0.2) is 8.42 Å². The maximum absolute atomic E-state index is 11.6. The maximum Gasteiger partial charge on any atom is 0.261 e. The summed E-state index contributed by atoms with van der Waals surface area (Å²) in [5.41, 5.74) is 1.39. The van der Waals surface area contributed by atoms with E-state index in [0.29, 0.717) is 24.3 Å². The molecule has 4 nitrogen and oxygen atoms in total. The Morgan fingerprint density at radius 1 is 1.33 bits per heavy atom. The first kappa shape index (κ1) is 17.8. The van der Waals surface area contributed by atoms with Crippen molar-refractivity contribution in [2.24, 2.45) is 0 Å². The lowest BCUT2D eigenvalue weighted by Gasteiger charge is -2.16. The zero-order valence-electron chi connectivity index (χ0n) is 12.5. The molecule has 0 heterocycles. The number of rotatable bonds is 7. The molecule has 0 N–H and O–H groups in total. The fraction of sp³-hybridized carbons (Fsp3) is 0.533. The molecule has 0 aromatic heterocycles. The van der Waals surface area contributed by atoms with Gasteiger partial charge in [-0.15, -0.1) is 0 Å². The predicted molar refractivity (Wildman–Crippen MR) is 83.3 cm³/mol. The molecule has 21 heavy (non-hydrogen) atoms.